The summed E-state index contributed by atoms with van der Waals surface area (Å²) < 4.78 is 0. The van der Waals surface area contributed by atoms with Gasteiger partial charge < -0.3 is 5.73 Å². The second-order valence-electron chi connectivity index (χ2n) is 1.40. The first-order valence-electron chi connectivity index (χ1n) is 3.23. The zero-order valence-corrected chi connectivity index (χ0v) is 9.02. The highest BCUT2D eigenvalue weighted by atomic mass is 35.6. The minimum atomic E-state index is -0.750. The standard InChI is InChI=1S/C6H6.CH5N.BCl3/c1-2-4-6-5-3-1;1-2;2-1(3)4/h1-6H;2H2,1H3;. The van der Waals surface area contributed by atoms with Crippen LogP contribution in [0.4, 0.5) is 0 Å². The summed E-state index contributed by atoms with van der Waals surface area (Å²) in [6.45, 7) is 0. The molecule has 0 aliphatic carbocycles. The van der Waals surface area contributed by atoms with Crippen molar-refractivity contribution in [3.05, 3.63) is 36.4 Å². The van der Waals surface area contributed by atoms with Gasteiger partial charge in [-0.15, -0.1) is 0 Å². The monoisotopic (exact) mass is 225 g/mol. The second kappa shape index (κ2) is 13.7. The zero-order chi connectivity index (χ0) is 9.82. The Balaban J connectivity index is 0. The molecular formula is C7H11BCl3N. The molecule has 0 fully saturated rings. The van der Waals surface area contributed by atoms with Crippen LogP contribution in [-0.4, -0.2) is 12.0 Å². The molecule has 0 saturated carbocycles. The van der Waals surface area contributed by atoms with Gasteiger partial charge in [0.05, 0.1) is 0 Å². The van der Waals surface area contributed by atoms with Crippen LogP contribution in [0, 0.1) is 0 Å². The molecule has 5 heteroatoms. The number of benzene rings is 1. The Morgan fingerprint density at radius 3 is 0.917 bits per heavy atom. The highest BCUT2D eigenvalue weighted by molar-refractivity contribution is 7.54. The molecule has 0 heterocycles. The van der Waals surface area contributed by atoms with Crippen molar-refractivity contribution in [3.8, 4) is 0 Å². The first kappa shape index (κ1) is 14.6. The minimum Gasteiger partial charge on any atom is -0.333 e. The molecule has 1 aromatic carbocycles. The fourth-order valence-corrected chi connectivity index (χ4v) is 0.385. The lowest BCUT2D eigenvalue weighted by atomic mass is 10.4. The summed E-state index contributed by atoms with van der Waals surface area (Å²) in [5.41, 5.74) is 4.50. The summed E-state index contributed by atoms with van der Waals surface area (Å²) in [6, 6.07) is 12.0. The van der Waals surface area contributed by atoms with Crippen LogP contribution >= 0.6 is 34.4 Å². The van der Waals surface area contributed by atoms with Crippen molar-refractivity contribution < 1.29 is 0 Å². The van der Waals surface area contributed by atoms with E-state index in [9.17, 15) is 0 Å². The lowest BCUT2D eigenvalue weighted by molar-refractivity contribution is 1.48. The smallest absolute Gasteiger partial charge is 0.333 e. The molecule has 0 aliphatic heterocycles. The van der Waals surface area contributed by atoms with Gasteiger partial charge in [-0.3, -0.25) is 0 Å². The third kappa shape index (κ3) is 22.5. The third-order valence-electron chi connectivity index (χ3n) is 0.667. The molecule has 12 heavy (non-hydrogen) atoms. The largest absolute Gasteiger partial charge is 0.450 e. The van der Waals surface area contributed by atoms with Crippen LogP contribution in [0.15, 0.2) is 36.4 Å². The van der Waals surface area contributed by atoms with E-state index in [2.05, 4.69) is 5.73 Å². The predicted octanol–water partition coefficient (Wildman–Crippen LogP) is 2.95. The molecule has 0 saturated heterocycles. The van der Waals surface area contributed by atoms with Crippen LogP contribution < -0.4 is 5.73 Å². The molecule has 0 atom stereocenters. The molecule has 1 rings (SSSR count). The summed E-state index contributed by atoms with van der Waals surface area (Å²) in [5, 5.41) is 0. The SMILES string of the molecule is CN.ClB(Cl)Cl.c1ccccc1. The van der Waals surface area contributed by atoms with Crippen LogP contribution in [0.25, 0.3) is 0 Å². The molecule has 2 N–H and O–H groups in total. The molecule has 0 bridgehead atoms. The van der Waals surface area contributed by atoms with Crippen LogP contribution in [-0.2, 0) is 0 Å². The molecule has 0 aliphatic rings. The summed E-state index contributed by atoms with van der Waals surface area (Å²) >= 11 is 14.4. The van der Waals surface area contributed by atoms with Crippen molar-refractivity contribution in [2.75, 3.05) is 7.05 Å². The lowest BCUT2D eigenvalue weighted by Gasteiger charge is -1.69. The molecule has 0 unspecified atom stereocenters. The maximum Gasteiger partial charge on any atom is 0.450 e. The highest BCUT2D eigenvalue weighted by Gasteiger charge is 1.91. The topological polar surface area (TPSA) is 26.0 Å². The summed E-state index contributed by atoms with van der Waals surface area (Å²) in [4.78, 5) is -0.750. The molecule has 1 aromatic rings. The maximum atomic E-state index is 4.81. The van der Waals surface area contributed by atoms with Crippen LogP contribution in [0.5, 0.6) is 0 Å². The van der Waals surface area contributed by atoms with Crippen molar-refractivity contribution >= 4 is 39.3 Å². The van der Waals surface area contributed by atoms with E-state index in [0.717, 1.165) is 0 Å². The third-order valence-corrected chi connectivity index (χ3v) is 0.667. The Morgan fingerprint density at radius 1 is 0.750 bits per heavy atom. The Kier molecular flexibility index (Phi) is 16.7. The number of nitrogens with two attached hydrogens (primary N) is 1. The molecule has 0 spiro atoms. The average molecular weight is 226 g/mol. The number of halogens is 3. The molecule has 68 valence electrons. The van der Waals surface area contributed by atoms with Gasteiger partial charge in [0, 0.05) is 0 Å². The van der Waals surface area contributed by atoms with E-state index in [-0.39, 0.29) is 0 Å². The van der Waals surface area contributed by atoms with Gasteiger partial charge in [0.25, 0.3) is 0 Å². The van der Waals surface area contributed by atoms with E-state index in [1.807, 2.05) is 36.4 Å². The highest BCUT2D eigenvalue weighted by Crippen LogP contribution is 1.97. The molecule has 1 nitrogen and oxygen atoms in total. The normalized spacial score (nSPS) is 6.75. The van der Waals surface area contributed by atoms with E-state index in [1.54, 1.807) is 0 Å². The van der Waals surface area contributed by atoms with Crippen LogP contribution in [0.2, 0.25) is 0 Å². The van der Waals surface area contributed by atoms with E-state index < -0.39 is 4.96 Å². The van der Waals surface area contributed by atoms with E-state index in [0.29, 0.717) is 0 Å². The van der Waals surface area contributed by atoms with Crippen molar-refractivity contribution in [2.24, 2.45) is 5.73 Å². The average Bonchev–Trinajstić information content (AvgIpc) is 2.10. The first-order valence-corrected chi connectivity index (χ1v) is 4.54. The fraction of sp³-hybridized carbons (Fsp3) is 0.143. The summed E-state index contributed by atoms with van der Waals surface area (Å²) in [7, 11) is 1.50. The molecular weight excluding hydrogens is 215 g/mol. The Labute approximate surface area is 88.6 Å². The number of hydrogen-bond donors (Lipinski definition) is 1. The van der Waals surface area contributed by atoms with Gasteiger partial charge in [0.1, 0.15) is 0 Å². The van der Waals surface area contributed by atoms with Gasteiger partial charge in [0.15, 0.2) is 0 Å². The Bertz CT molecular complexity index is 119. The van der Waals surface area contributed by atoms with Gasteiger partial charge in [-0.2, -0.15) is 34.4 Å². The van der Waals surface area contributed by atoms with Gasteiger partial charge in [-0.1, -0.05) is 36.4 Å². The van der Waals surface area contributed by atoms with Crippen molar-refractivity contribution in [1.29, 1.82) is 0 Å². The maximum absolute atomic E-state index is 4.81. The van der Waals surface area contributed by atoms with Crippen molar-refractivity contribution in [2.45, 2.75) is 0 Å². The number of hydrogen-bond acceptors (Lipinski definition) is 1. The molecule has 0 radical (unpaired) electrons. The van der Waals surface area contributed by atoms with E-state index >= 15 is 0 Å². The van der Waals surface area contributed by atoms with Gasteiger partial charge >= 0.3 is 4.96 Å². The predicted molar refractivity (Wildman–Crippen MR) is 59.9 cm³/mol. The molecule has 0 aromatic heterocycles. The Hall–Kier alpha value is 0.115. The second-order valence-corrected chi connectivity index (χ2v) is 3.38. The quantitative estimate of drug-likeness (QED) is 0.676. The van der Waals surface area contributed by atoms with Gasteiger partial charge in [0.2, 0.25) is 0 Å². The molecule has 0 amide bonds. The Morgan fingerprint density at radius 2 is 0.833 bits per heavy atom. The van der Waals surface area contributed by atoms with E-state index in [4.69, 9.17) is 34.4 Å². The van der Waals surface area contributed by atoms with Gasteiger partial charge in [-0.05, 0) is 7.05 Å². The first-order chi connectivity index (χ1) is 5.73. The summed E-state index contributed by atoms with van der Waals surface area (Å²) in [5.74, 6) is 0. The van der Waals surface area contributed by atoms with Crippen molar-refractivity contribution in [3.63, 3.8) is 0 Å². The van der Waals surface area contributed by atoms with Crippen molar-refractivity contribution in [1.82, 2.24) is 0 Å². The van der Waals surface area contributed by atoms with Crippen LogP contribution in [0.3, 0.4) is 0 Å². The summed E-state index contributed by atoms with van der Waals surface area (Å²) in [6.07, 6.45) is 0. The minimum absolute atomic E-state index is 0.750. The fourth-order valence-electron chi connectivity index (χ4n) is 0.385. The number of rotatable bonds is 0. The zero-order valence-electron chi connectivity index (χ0n) is 6.75. The van der Waals surface area contributed by atoms with E-state index in [1.165, 1.54) is 7.05 Å². The van der Waals surface area contributed by atoms with Gasteiger partial charge in [-0.25, -0.2) is 0 Å². The van der Waals surface area contributed by atoms with Crippen LogP contribution in [0.1, 0.15) is 0 Å². The lowest BCUT2D eigenvalue weighted by Crippen LogP contribution is -1.69.